The summed E-state index contributed by atoms with van der Waals surface area (Å²) >= 11 is 1.54. The number of benzene rings is 2. The molecule has 0 aliphatic carbocycles. The molecule has 4 aromatic rings. The quantitative estimate of drug-likeness (QED) is 0.408. The van der Waals surface area contributed by atoms with Crippen LogP contribution in [-0.2, 0) is 5.75 Å². The standard InChI is InChI=1S/C21H18FN3OS/c1-13(2)18-11-23-19(26-18)12-27-21-17-6-4-3-5-16(17)20(24-25-21)14-7-9-15(22)10-8-14/h3-11,13H,12H2,1-2H3. The molecule has 0 fully saturated rings. The fourth-order valence-corrected chi connectivity index (χ4v) is 3.62. The van der Waals surface area contributed by atoms with Crippen LogP contribution in [0.15, 0.2) is 64.2 Å². The minimum Gasteiger partial charge on any atom is -0.445 e. The third-order valence-corrected chi connectivity index (χ3v) is 5.21. The number of hydrogen-bond donors (Lipinski definition) is 0. The fraction of sp³-hybridized carbons (Fsp3) is 0.190. The van der Waals surface area contributed by atoms with Crippen LogP contribution in [0, 0.1) is 5.82 Å². The van der Waals surface area contributed by atoms with E-state index in [0.29, 0.717) is 17.6 Å². The molecule has 0 radical (unpaired) electrons. The lowest BCUT2D eigenvalue weighted by Gasteiger charge is -2.08. The van der Waals surface area contributed by atoms with E-state index >= 15 is 0 Å². The molecule has 0 spiro atoms. The van der Waals surface area contributed by atoms with Crippen molar-refractivity contribution in [3.63, 3.8) is 0 Å². The summed E-state index contributed by atoms with van der Waals surface area (Å²) in [5, 5.41) is 11.6. The van der Waals surface area contributed by atoms with E-state index in [0.717, 1.165) is 32.8 Å². The molecule has 0 aliphatic heterocycles. The van der Waals surface area contributed by atoms with Gasteiger partial charge in [0.25, 0.3) is 0 Å². The van der Waals surface area contributed by atoms with Gasteiger partial charge in [-0.1, -0.05) is 49.9 Å². The van der Waals surface area contributed by atoms with Gasteiger partial charge < -0.3 is 4.42 Å². The molecule has 0 N–H and O–H groups in total. The van der Waals surface area contributed by atoms with E-state index in [9.17, 15) is 4.39 Å². The summed E-state index contributed by atoms with van der Waals surface area (Å²) in [7, 11) is 0. The molecule has 27 heavy (non-hydrogen) atoms. The Bertz CT molecular complexity index is 1080. The van der Waals surface area contributed by atoms with Gasteiger partial charge in [0.2, 0.25) is 5.89 Å². The summed E-state index contributed by atoms with van der Waals surface area (Å²) in [4.78, 5) is 4.33. The molecule has 136 valence electrons. The van der Waals surface area contributed by atoms with Gasteiger partial charge in [0.15, 0.2) is 0 Å². The normalized spacial score (nSPS) is 11.4. The third-order valence-electron chi connectivity index (χ3n) is 4.24. The molecule has 0 bridgehead atoms. The molecule has 2 aromatic carbocycles. The van der Waals surface area contributed by atoms with Gasteiger partial charge in [-0.3, -0.25) is 0 Å². The highest BCUT2D eigenvalue weighted by molar-refractivity contribution is 7.98. The zero-order valence-electron chi connectivity index (χ0n) is 15.0. The van der Waals surface area contributed by atoms with Gasteiger partial charge in [-0.05, 0) is 24.3 Å². The van der Waals surface area contributed by atoms with E-state index < -0.39 is 0 Å². The van der Waals surface area contributed by atoms with Crippen molar-refractivity contribution in [3.05, 3.63) is 72.2 Å². The van der Waals surface area contributed by atoms with E-state index in [2.05, 4.69) is 29.0 Å². The van der Waals surface area contributed by atoms with Crippen LogP contribution >= 0.6 is 11.8 Å². The summed E-state index contributed by atoms with van der Waals surface area (Å²) < 4.78 is 19.0. The summed E-state index contributed by atoms with van der Waals surface area (Å²) in [6.07, 6.45) is 1.78. The average molecular weight is 379 g/mol. The number of aromatic nitrogens is 3. The number of fused-ring (bicyclic) bond motifs is 1. The molecule has 2 heterocycles. The molecule has 2 aromatic heterocycles. The van der Waals surface area contributed by atoms with Crippen molar-refractivity contribution in [2.24, 2.45) is 0 Å². The molecule has 0 aliphatic rings. The van der Waals surface area contributed by atoms with Gasteiger partial charge in [-0.25, -0.2) is 9.37 Å². The van der Waals surface area contributed by atoms with E-state index in [4.69, 9.17) is 4.42 Å². The number of thioether (sulfide) groups is 1. The van der Waals surface area contributed by atoms with Crippen LogP contribution in [0.5, 0.6) is 0 Å². The van der Waals surface area contributed by atoms with Crippen LogP contribution < -0.4 is 0 Å². The molecule has 0 saturated heterocycles. The van der Waals surface area contributed by atoms with E-state index in [-0.39, 0.29) is 5.82 Å². The Balaban J connectivity index is 1.66. The van der Waals surface area contributed by atoms with Gasteiger partial charge in [0, 0.05) is 22.3 Å². The highest BCUT2D eigenvalue weighted by atomic mass is 32.2. The number of nitrogens with zero attached hydrogens (tertiary/aromatic N) is 3. The topological polar surface area (TPSA) is 51.8 Å². The Kier molecular flexibility index (Phi) is 4.90. The highest BCUT2D eigenvalue weighted by Gasteiger charge is 2.13. The first-order valence-electron chi connectivity index (χ1n) is 8.70. The number of rotatable bonds is 5. The monoisotopic (exact) mass is 379 g/mol. The van der Waals surface area contributed by atoms with Crippen molar-refractivity contribution >= 4 is 22.5 Å². The average Bonchev–Trinajstić information content (AvgIpc) is 3.16. The summed E-state index contributed by atoms with van der Waals surface area (Å²) in [6.45, 7) is 4.15. The Hall–Kier alpha value is -2.73. The molecule has 0 unspecified atom stereocenters. The Morgan fingerprint density at radius 2 is 1.74 bits per heavy atom. The van der Waals surface area contributed by atoms with Crippen molar-refractivity contribution < 1.29 is 8.81 Å². The van der Waals surface area contributed by atoms with Crippen LogP contribution in [0.3, 0.4) is 0 Å². The summed E-state index contributed by atoms with van der Waals surface area (Å²) in [5.41, 5.74) is 1.58. The van der Waals surface area contributed by atoms with Gasteiger partial charge in [-0.2, -0.15) is 0 Å². The highest BCUT2D eigenvalue weighted by Crippen LogP contribution is 2.33. The van der Waals surface area contributed by atoms with Gasteiger partial charge in [0.1, 0.15) is 22.3 Å². The van der Waals surface area contributed by atoms with Crippen LogP contribution in [-0.4, -0.2) is 15.2 Å². The first-order valence-corrected chi connectivity index (χ1v) is 9.69. The van der Waals surface area contributed by atoms with Crippen molar-refractivity contribution in [1.82, 2.24) is 15.2 Å². The largest absolute Gasteiger partial charge is 0.445 e. The lowest BCUT2D eigenvalue weighted by Crippen LogP contribution is -1.94. The SMILES string of the molecule is CC(C)c1cnc(CSc2nnc(-c3ccc(F)cc3)c3ccccc23)o1. The fourth-order valence-electron chi connectivity index (χ4n) is 2.79. The Morgan fingerprint density at radius 1 is 1.00 bits per heavy atom. The molecule has 4 rings (SSSR count). The Morgan fingerprint density at radius 3 is 2.44 bits per heavy atom. The molecule has 0 amide bonds. The van der Waals surface area contributed by atoms with Gasteiger partial charge in [-0.15, -0.1) is 10.2 Å². The molecule has 4 nitrogen and oxygen atoms in total. The lowest BCUT2D eigenvalue weighted by atomic mass is 10.1. The van der Waals surface area contributed by atoms with Gasteiger partial charge in [0.05, 0.1) is 11.9 Å². The second-order valence-electron chi connectivity index (χ2n) is 6.51. The number of oxazole rings is 1. The molecule has 0 saturated carbocycles. The zero-order chi connectivity index (χ0) is 18.8. The molecule has 6 heteroatoms. The lowest BCUT2D eigenvalue weighted by molar-refractivity contribution is 0.453. The smallest absolute Gasteiger partial charge is 0.204 e. The van der Waals surface area contributed by atoms with Crippen LogP contribution in [0.1, 0.15) is 31.4 Å². The maximum Gasteiger partial charge on any atom is 0.204 e. The van der Waals surface area contributed by atoms with Crippen LogP contribution in [0.4, 0.5) is 4.39 Å². The zero-order valence-corrected chi connectivity index (χ0v) is 15.8. The maximum absolute atomic E-state index is 13.2. The second kappa shape index (κ2) is 7.48. The summed E-state index contributed by atoms with van der Waals surface area (Å²) in [6, 6.07) is 14.3. The van der Waals surface area contributed by atoms with Crippen molar-refractivity contribution in [1.29, 1.82) is 0 Å². The van der Waals surface area contributed by atoms with Crippen molar-refractivity contribution in [2.75, 3.05) is 0 Å². The first kappa shape index (κ1) is 17.7. The third kappa shape index (κ3) is 3.71. The number of hydrogen-bond acceptors (Lipinski definition) is 5. The minimum absolute atomic E-state index is 0.269. The second-order valence-corrected chi connectivity index (χ2v) is 7.47. The number of halogens is 1. The molecule has 0 atom stereocenters. The van der Waals surface area contributed by atoms with E-state index in [1.165, 1.54) is 12.1 Å². The first-order chi connectivity index (χ1) is 13.1. The van der Waals surface area contributed by atoms with E-state index in [1.54, 1.807) is 30.1 Å². The predicted octanol–water partition coefficient (Wildman–Crippen LogP) is 5.84. The Labute approximate surface area is 160 Å². The maximum atomic E-state index is 13.2. The molecular weight excluding hydrogens is 361 g/mol. The molecular formula is C21H18FN3OS. The minimum atomic E-state index is -0.269. The summed E-state index contributed by atoms with van der Waals surface area (Å²) in [5.74, 6) is 2.19. The van der Waals surface area contributed by atoms with Crippen molar-refractivity contribution in [2.45, 2.75) is 30.5 Å². The van der Waals surface area contributed by atoms with E-state index in [1.807, 2.05) is 24.3 Å². The predicted molar refractivity (Wildman–Crippen MR) is 105 cm³/mol. The van der Waals surface area contributed by atoms with Gasteiger partial charge >= 0.3 is 0 Å². The van der Waals surface area contributed by atoms with Crippen LogP contribution in [0.2, 0.25) is 0 Å². The van der Waals surface area contributed by atoms with Crippen LogP contribution in [0.25, 0.3) is 22.0 Å². The van der Waals surface area contributed by atoms with Crippen molar-refractivity contribution in [3.8, 4) is 11.3 Å².